The van der Waals surface area contributed by atoms with Crippen LogP contribution in [0.4, 0.5) is 0 Å². The predicted molar refractivity (Wildman–Crippen MR) is 104 cm³/mol. The second-order valence-corrected chi connectivity index (χ2v) is 6.53. The van der Waals surface area contributed by atoms with Gasteiger partial charge < -0.3 is 4.90 Å². The third-order valence-electron chi connectivity index (χ3n) is 4.29. The molecular formula is C22H20N4O. The summed E-state index contributed by atoms with van der Waals surface area (Å²) in [4.78, 5) is 14.9. The van der Waals surface area contributed by atoms with Crippen molar-refractivity contribution in [3.63, 3.8) is 0 Å². The highest BCUT2D eigenvalue weighted by molar-refractivity contribution is 5.95. The number of benzene rings is 2. The number of hydrogen-bond donors (Lipinski definition) is 0. The van der Waals surface area contributed by atoms with Crippen LogP contribution in [-0.2, 0) is 6.54 Å². The minimum Gasteiger partial charge on any atom is -0.332 e. The molecule has 0 aliphatic carbocycles. The molecule has 1 amide bonds. The molecule has 0 bridgehead atoms. The van der Waals surface area contributed by atoms with E-state index in [-0.39, 0.29) is 11.9 Å². The zero-order valence-electron chi connectivity index (χ0n) is 15.3. The average molecular weight is 356 g/mol. The van der Waals surface area contributed by atoms with Crippen molar-refractivity contribution >= 4 is 5.91 Å². The second kappa shape index (κ2) is 8.24. The van der Waals surface area contributed by atoms with Crippen LogP contribution in [0.25, 0.3) is 11.3 Å². The van der Waals surface area contributed by atoms with Gasteiger partial charge in [-0.1, -0.05) is 42.5 Å². The maximum Gasteiger partial charge on any atom is 0.256 e. The number of carbonyl (C=O) groups excluding carboxylic acids is 1. The molecule has 0 unspecified atom stereocenters. The molecule has 3 aromatic rings. The number of amides is 1. The summed E-state index contributed by atoms with van der Waals surface area (Å²) in [6.07, 6.45) is 1.50. The number of hydrogen-bond acceptors (Lipinski definition) is 4. The van der Waals surface area contributed by atoms with Crippen molar-refractivity contribution < 1.29 is 4.79 Å². The number of rotatable bonds is 5. The molecule has 0 aliphatic rings. The Labute approximate surface area is 158 Å². The zero-order chi connectivity index (χ0) is 19.2. The lowest BCUT2D eigenvalue weighted by molar-refractivity contribution is 0.0689. The molecule has 1 heterocycles. The van der Waals surface area contributed by atoms with Crippen molar-refractivity contribution in [3.8, 4) is 17.3 Å². The van der Waals surface area contributed by atoms with Gasteiger partial charge in [-0.15, -0.1) is 0 Å². The molecule has 27 heavy (non-hydrogen) atoms. The third-order valence-corrected chi connectivity index (χ3v) is 4.29. The Hall–Kier alpha value is -3.52. The average Bonchev–Trinajstić information content (AvgIpc) is 2.72. The van der Waals surface area contributed by atoms with Crippen LogP contribution in [0.15, 0.2) is 66.9 Å². The number of aromatic nitrogens is 2. The van der Waals surface area contributed by atoms with Gasteiger partial charge in [0.25, 0.3) is 5.91 Å². The highest BCUT2D eigenvalue weighted by atomic mass is 16.2. The molecule has 0 spiro atoms. The molecule has 1 aromatic heterocycles. The topological polar surface area (TPSA) is 69.9 Å². The molecule has 0 N–H and O–H groups in total. The lowest BCUT2D eigenvalue weighted by Crippen LogP contribution is -2.36. The largest absolute Gasteiger partial charge is 0.332 e. The van der Waals surface area contributed by atoms with Gasteiger partial charge >= 0.3 is 0 Å². The van der Waals surface area contributed by atoms with Gasteiger partial charge in [0.2, 0.25) is 0 Å². The first-order valence-corrected chi connectivity index (χ1v) is 8.76. The van der Waals surface area contributed by atoms with Crippen LogP contribution >= 0.6 is 0 Å². The molecule has 2 aromatic carbocycles. The maximum absolute atomic E-state index is 13.1. The van der Waals surface area contributed by atoms with Crippen LogP contribution < -0.4 is 0 Å². The summed E-state index contributed by atoms with van der Waals surface area (Å²) in [6, 6.07) is 20.8. The second-order valence-electron chi connectivity index (χ2n) is 6.53. The summed E-state index contributed by atoms with van der Waals surface area (Å²) in [6.45, 7) is 4.42. The maximum atomic E-state index is 13.1. The fraction of sp³-hybridized carbons (Fsp3) is 0.182. The lowest BCUT2D eigenvalue weighted by atomic mass is 10.1. The Morgan fingerprint density at radius 1 is 1.11 bits per heavy atom. The van der Waals surface area contributed by atoms with Crippen LogP contribution in [0.2, 0.25) is 0 Å². The minimum absolute atomic E-state index is 0.0153. The Bertz CT molecular complexity index is 960. The monoisotopic (exact) mass is 356 g/mol. The van der Waals surface area contributed by atoms with Crippen LogP contribution in [0, 0.1) is 11.3 Å². The van der Waals surface area contributed by atoms with Gasteiger partial charge in [0, 0.05) is 18.2 Å². The van der Waals surface area contributed by atoms with Crippen molar-refractivity contribution in [2.75, 3.05) is 0 Å². The van der Waals surface area contributed by atoms with Crippen LogP contribution in [0.3, 0.4) is 0 Å². The van der Waals surface area contributed by atoms with E-state index in [1.807, 2.05) is 56.3 Å². The Balaban J connectivity index is 1.86. The molecule has 5 nitrogen and oxygen atoms in total. The fourth-order valence-corrected chi connectivity index (χ4v) is 2.77. The molecule has 0 saturated heterocycles. The van der Waals surface area contributed by atoms with E-state index in [9.17, 15) is 4.79 Å². The summed E-state index contributed by atoms with van der Waals surface area (Å²) in [5.74, 6) is -0.0959. The predicted octanol–water partition coefficient (Wildman–Crippen LogP) is 4.07. The summed E-state index contributed by atoms with van der Waals surface area (Å²) in [5.41, 5.74) is 3.67. The molecule has 134 valence electrons. The first-order valence-electron chi connectivity index (χ1n) is 8.76. The number of nitriles is 1. The first kappa shape index (κ1) is 18.3. The van der Waals surface area contributed by atoms with Crippen molar-refractivity contribution in [2.45, 2.75) is 26.4 Å². The normalized spacial score (nSPS) is 10.4. The van der Waals surface area contributed by atoms with Gasteiger partial charge in [-0.25, -0.2) is 0 Å². The Morgan fingerprint density at radius 2 is 1.81 bits per heavy atom. The summed E-state index contributed by atoms with van der Waals surface area (Å²) in [5, 5.41) is 17.1. The van der Waals surface area contributed by atoms with Gasteiger partial charge in [-0.05, 0) is 37.6 Å². The van der Waals surface area contributed by atoms with Crippen LogP contribution in [0.1, 0.15) is 35.3 Å². The van der Waals surface area contributed by atoms with E-state index < -0.39 is 0 Å². The van der Waals surface area contributed by atoms with E-state index in [2.05, 4.69) is 16.3 Å². The first-order chi connectivity index (χ1) is 13.1. The van der Waals surface area contributed by atoms with E-state index in [0.29, 0.717) is 23.4 Å². The van der Waals surface area contributed by atoms with Gasteiger partial charge in [0.15, 0.2) is 0 Å². The van der Waals surface area contributed by atoms with Gasteiger partial charge in [0.1, 0.15) is 0 Å². The fourth-order valence-electron chi connectivity index (χ4n) is 2.77. The quantitative estimate of drug-likeness (QED) is 0.691. The third kappa shape index (κ3) is 4.36. The lowest BCUT2D eigenvalue weighted by Gasteiger charge is -2.27. The van der Waals surface area contributed by atoms with Crippen LogP contribution in [-0.4, -0.2) is 27.0 Å². The molecule has 0 radical (unpaired) electrons. The zero-order valence-corrected chi connectivity index (χ0v) is 15.3. The van der Waals surface area contributed by atoms with Crippen molar-refractivity contribution in [1.29, 1.82) is 5.26 Å². The van der Waals surface area contributed by atoms with Gasteiger partial charge in [-0.2, -0.15) is 15.5 Å². The van der Waals surface area contributed by atoms with Crippen molar-refractivity contribution in [2.24, 2.45) is 0 Å². The Kier molecular flexibility index (Phi) is 5.58. The smallest absolute Gasteiger partial charge is 0.256 e. The molecular weight excluding hydrogens is 336 g/mol. The molecule has 0 aliphatic heterocycles. The van der Waals surface area contributed by atoms with E-state index >= 15 is 0 Å². The van der Waals surface area contributed by atoms with Gasteiger partial charge in [0.05, 0.1) is 29.1 Å². The summed E-state index contributed by atoms with van der Waals surface area (Å²) < 4.78 is 0. The van der Waals surface area contributed by atoms with Crippen molar-refractivity contribution in [1.82, 2.24) is 15.1 Å². The molecule has 0 saturated carbocycles. The summed E-state index contributed by atoms with van der Waals surface area (Å²) >= 11 is 0. The van der Waals surface area contributed by atoms with E-state index in [0.717, 1.165) is 11.1 Å². The molecule has 0 atom stereocenters. The standard InChI is InChI=1S/C22H20N4O/c1-16(2)26(15-18-10-8-17(13-23)9-11-18)22(27)20-12-21(25-24-14-20)19-6-4-3-5-7-19/h3-12,14,16H,15H2,1-2H3. The van der Waals surface area contributed by atoms with E-state index in [4.69, 9.17) is 5.26 Å². The number of carbonyl (C=O) groups is 1. The van der Waals surface area contributed by atoms with Gasteiger partial charge in [-0.3, -0.25) is 4.79 Å². The van der Waals surface area contributed by atoms with Crippen LogP contribution in [0.5, 0.6) is 0 Å². The van der Waals surface area contributed by atoms with Crippen molar-refractivity contribution in [3.05, 3.63) is 83.6 Å². The molecule has 3 rings (SSSR count). The van der Waals surface area contributed by atoms with E-state index in [1.54, 1.807) is 23.1 Å². The molecule has 5 heteroatoms. The highest BCUT2D eigenvalue weighted by Gasteiger charge is 2.20. The Morgan fingerprint density at radius 3 is 2.44 bits per heavy atom. The van der Waals surface area contributed by atoms with E-state index in [1.165, 1.54) is 6.20 Å². The summed E-state index contributed by atoms with van der Waals surface area (Å²) in [7, 11) is 0. The number of nitrogens with zero attached hydrogens (tertiary/aromatic N) is 4. The molecule has 0 fully saturated rings. The SMILES string of the molecule is CC(C)N(Cc1ccc(C#N)cc1)C(=O)c1cnnc(-c2ccccc2)c1. The highest BCUT2D eigenvalue weighted by Crippen LogP contribution is 2.19. The minimum atomic E-state index is -0.0959.